The summed E-state index contributed by atoms with van der Waals surface area (Å²) in [6, 6.07) is 8.09. The van der Waals surface area contributed by atoms with E-state index in [9.17, 15) is 4.79 Å². The van der Waals surface area contributed by atoms with Crippen LogP contribution in [-0.2, 0) is 11.2 Å². The first kappa shape index (κ1) is 12.1. The molecule has 1 unspecified atom stereocenters. The van der Waals surface area contributed by atoms with Gasteiger partial charge in [0.05, 0.1) is 12.1 Å². The molecule has 0 saturated heterocycles. The van der Waals surface area contributed by atoms with Crippen LogP contribution in [0, 0.1) is 0 Å². The molecule has 0 bridgehead atoms. The summed E-state index contributed by atoms with van der Waals surface area (Å²) in [7, 11) is 0. The Balaban J connectivity index is 2.00. The Labute approximate surface area is 102 Å². The van der Waals surface area contributed by atoms with Gasteiger partial charge in [0.2, 0.25) is 5.91 Å². The highest BCUT2D eigenvalue weighted by Gasteiger charge is 2.24. The summed E-state index contributed by atoms with van der Waals surface area (Å²) in [6.07, 6.45) is 3.73. The Morgan fingerprint density at radius 2 is 2.29 bits per heavy atom. The number of nitrogens with two attached hydrogens (primary N) is 1. The number of amides is 1. The molecule has 3 heteroatoms. The molecule has 2 rings (SSSR count). The second kappa shape index (κ2) is 5.32. The van der Waals surface area contributed by atoms with E-state index in [2.05, 4.69) is 17.4 Å². The van der Waals surface area contributed by atoms with Gasteiger partial charge in [0.1, 0.15) is 0 Å². The Morgan fingerprint density at radius 3 is 3.06 bits per heavy atom. The van der Waals surface area contributed by atoms with E-state index in [1.807, 2.05) is 19.1 Å². The molecule has 17 heavy (non-hydrogen) atoms. The average molecular weight is 232 g/mol. The Kier molecular flexibility index (Phi) is 3.79. The third kappa shape index (κ3) is 2.67. The summed E-state index contributed by atoms with van der Waals surface area (Å²) in [5.41, 5.74) is 8.42. The number of nitrogens with one attached hydrogen (secondary N) is 1. The minimum atomic E-state index is -0.368. The van der Waals surface area contributed by atoms with Crippen molar-refractivity contribution in [2.24, 2.45) is 5.73 Å². The molecule has 1 aromatic carbocycles. The van der Waals surface area contributed by atoms with Crippen LogP contribution >= 0.6 is 0 Å². The Morgan fingerprint density at radius 1 is 1.53 bits per heavy atom. The van der Waals surface area contributed by atoms with Crippen molar-refractivity contribution in [3.63, 3.8) is 0 Å². The van der Waals surface area contributed by atoms with Crippen LogP contribution in [0.1, 0.15) is 43.4 Å². The van der Waals surface area contributed by atoms with Crippen molar-refractivity contribution in [3.05, 3.63) is 35.4 Å². The van der Waals surface area contributed by atoms with E-state index in [1.54, 1.807) is 0 Å². The van der Waals surface area contributed by atoms with Crippen molar-refractivity contribution < 1.29 is 4.79 Å². The van der Waals surface area contributed by atoms with Gasteiger partial charge in [-0.15, -0.1) is 0 Å². The lowest BCUT2D eigenvalue weighted by molar-refractivity contribution is -0.123. The van der Waals surface area contributed by atoms with E-state index in [0.29, 0.717) is 0 Å². The van der Waals surface area contributed by atoms with Gasteiger partial charge in [-0.2, -0.15) is 0 Å². The number of rotatable bonds is 4. The van der Waals surface area contributed by atoms with Crippen molar-refractivity contribution in [2.75, 3.05) is 0 Å². The van der Waals surface area contributed by atoms with E-state index in [0.717, 1.165) is 25.7 Å². The first-order valence-electron chi connectivity index (χ1n) is 6.36. The van der Waals surface area contributed by atoms with Crippen molar-refractivity contribution in [1.29, 1.82) is 0 Å². The van der Waals surface area contributed by atoms with Gasteiger partial charge >= 0.3 is 0 Å². The lowest BCUT2D eigenvalue weighted by Crippen LogP contribution is -2.41. The second-order valence-corrected chi connectivity index (χ2v) is 4.69. The van der Waals surface area contributed by atoms with Crippen molar-refractivity contribution in [1.82, 2.24) is 5.32 Å². The molecule has 2 atom stereocenters. The third-order valence-corrected chi connectivity index (χ3v) is 3.39. The molecule has 0 aliphatic heterocycles. The quantitative estimate of drug-likeness (QED) is 0.833. The lowest BCUT2D eigenvalue weighted by atomic mass is 10.1. The molecular formula is C14H20N2O. The number of carbonyl (C=O) groups excluding carboxylic acids is 1. The molecule has 1 aromatic rings. The van der Waals surface area contributed by atoms with Gasteiger partial charge < -0.3 is 11.1 Å². The molecule has 1 amide bonds. The van der Waals surface area contributed by atoms with Gasteiger partial charge in [0, 0.05) is 0 Å². The maximum atomic E-state index is 11.9. The predicted octanol–water partition coefficient (Wildman–Crippen LogP) is 1.92. The first-order chi connectivity index (χ1) is 8.22. The maximum absolute atomic E-state index is 11.9. The fraction of sp³-hybridized carbons (Fsp3) is 0.500. The number of hydrogen-bond acceptors (Lipinski definition) is 2. The van der Waals surface area contributed by atoms with Crippen molar-refractivity contribution in [2.45, 2.75) is 44.7 Å². The largest absolute Gasteiger partial charge is 0.348 e. The van der Waals surface area contributed by atoms with Crippen LogP contribution in [0.3, 0.4) is 0 Å². The van der Waals surface area contributed by atoms with Gasteiger partial charge in [-0.3, -0.25) is 4.79 Å². The van der Waals surface area contributed by atoms with Crippen LogP contribution in [0.4, 0.5) is 0 Å². The molecular weight excluding hydrogens is 212 g/mol. The van der Waals surface area contributed by atoms with Crippen LogP contribution in [0.2, 0.25) is 0 Å². The summed E-state index contributed by atoms with van der Waals surface area (Å²) < 4.78 is 0. The topological polar surface area (TPSA) is 55.1 Å². The Bertz CT molecular complexity index is 403. The van der Waals surface area contributed by atoms with Gasteiger partial charge in [0.15, 0.2) is 0 Å². The normalized spacial score (nSPS) is 19.8. The van der Waals surface area contributed by atoms with Crippen LogP contribution in [0.5, 0.6) is 0 Å². The summed E-state index contributed by atoms with van der Waals surface area (Å²) in [6.45, 7) is 2.04. The Hall–Kier alpha value is -1.35. The third-order valence-electron chi connectivity index (χ3n) is 3.39. The molecule has 0 fully saturated rings. The lowest BCUT2D eigenvalue weighted by Gasteiger charge is -2.17. The number of fused-ring (bicyclic) bond motifs is 1. The standard InChI is InChI=1S/C14H20N2O/c1-2-5-12(15)14(17)16-13-9-8-10-6-3-4-7-11(10)13/h3-4,6-7,12-13H,2,5,8-9,15H2,1H3,(H,16,17)/t12-,13?/m0/s1. The highest BCUT2D eigenvalue weighted by Crippen LogP contribution is 2.30. The van der Waals surface area contributed by atoms with Gasteiger partial charge in [-0.25, -0.2) is 0 Å². The number of carbonyl (C=O) groups is 1. The monoisotopic (exact) mass is 232 g/mol. The SMILES string of the molecule is CCC[C@H](N)C(=O)NC1CCc2ccccc21. The number of aryl methyl sites for hydroxylation is 1. The summed E-state index contributed by atoms with van der Waals surface area (Å²) in [5, 5.41) is 3.06. The number of hydrogen-bond donors (Lipinski definition) is 2. The zero-order chi connectivity index (χ0) is 12.3. The summed E-state index contributed by atoms with van der Waals surface area (Å²) in [4.78, 5) is 11.9. The van der Waals surface area contributed by atoms with Crippen LogP contribution < -0.4 is 11.1 Å². The van der Waals surface area contributed by atoms with Crippen molar-refractivity contribution in [3.8, 4) is 0 Å². The smallest absolute Gasteiger partial charge is 0.237 e. The van der Waals surface area contributed by atoms with Crippen LogP contribution in [-0.4, -0.2) is 11.9 Å². The van der Waals surface area contributed by atoms with E-state index in [-0.39, 0.29) is 18.0 Å². The van der Waals surface area contributed by atoms with E-state index >= 15 is 0 Å². The van der Waals surface area contributed by atoms with E-state index in [4.69, 9.17) is 5.73 Å². The minimum absolute atomic E-state index is 0.0199. The molecule has 0 heterocycles. The molecule has 1 aliphatic rings. The molecule has 0 radical (unpaired) electrons. The maximum Gasteiger partial charge on any atom is 0.237 e. The molecule has 0 saturated carbocycles. The van der Waals surface area contributed by atoms with Crippen LogP contribution in [0.15, 0.2) is 24.3 Å². The average Bonchev–Trinajstić information content (AvgIpc) is 2.73. The molecule has 92 valence electrons. The summed E-state index contributed by atoms with van der Waals surface area (Å²) in [5.74, 6) is -0.0199. The van der Waals surface area contributed by atoms with Crippen LogP contribution in [0.25, 0.3) is 0 Å². The highest BCUT2D eigenvalue weighted by atomic mass is 16.2. The van der Waals surface area contributed by atoms with Gasteiger partial charge in [-0.1, -0.05) is 37.6 Å². The van der Waals surface area contributed by atoms with Gasteiger partial charge in [0.25, 0.3) is 0 Å². The van der Waals surface area contributed by atoms with Gasteiger partial charge in [-0.05, 0) is 30.4 Å². The minimum Gasteiger partial charge on any atom is -0.348 e. The zero-order valence-electron chi connectivity index (χ0n) is 10.3. The number of benzene rings is 1. The van der Waals surface area contributed by atoms with E-state index in [1.165, 1.54) is 11.1 Å². The molecule has 0 spiro atoms. The molecule has 3 N–H and O–H groups in total. The molecule has 3 nitrogen and oxygen atoms in total. The van der Waals surface area contributed by atoms with Crippen molar-refractivity contribution >= 4 is 5.91 Å². The highest BCUT2D eigenvalue weighted by molar-refractivity contribution is 5.82. The van der Waals surface area contributed by atoms with E-state index < -0.39 is 0 Å². The fourth-order valence-corrected chi connectivity index (χ4v) is 2.43. The zero-order valence-corrected chi connectivity index (χ0v) is 10.3. The molecule has 0 aromatic heterocycles. The second-order valence-electron chi connectivity index (χ2n) is 4.69. The fourth-order valence-electron chi connectivity index (χ4n) is 2.43. The predicted molar refractivity (Wildman–Crippen MR) is 68.5 cm³/mol. The molecule has 1 aliphatic carbocycles. The first-order valence-corrected chi connectivity index (χ1v) is 6.36. The summed E-state index contributed by atoms with van der Waals surface area (Å²) >= 11 is 0.